The summed E-state index contributed by atoms with van der Waals surface area (Å²) in [7, 11) is 0. The molecule has 2 aromatic heterocycles. The predicted octanol–water partition coefficient (Wildman–Crippen LogP) is 3.49. The van der Waals surface area contributed by atoms with Crippen molar-refractivity contribution in [2.24, 2.45) is 0 Å². The smallest absolute Gasteiger partial charge is 0.226 e. The number of aromatic nitrogens is 4. The van der Waals surface area contributed by atoms with Crippen molar-refractivity contribution in [3.05, 3.63) is 76.8 Å². The lowest BCUT2D eigenvalue weighted by Crippen LogP contribution is -2.20. The second-order valence-electron chi connectivity index (χ2n) is 4.97. The van der Waals surface area contributed by atoms with Gasteiger partial charge in [0.25, 0.3) is 0 Å². The number of nitrogens with zero attached hydrogens (tertiary/aromatic N) is 4. The number of halogens is 1. The van der Waals surface area contributed by atoms with Crippen molar-refractivity contribution in [2.45, 2.75) is 6.04 Å². The van der Waals surface area contributed by atoms with E-state index in [1.807, 2.05) is 35.1 Å². The van der Waals surface area contributed by atoms with Crippen molar-refractivity contribution in [1.82, 2.24) is 19.7 Å². The highest BCUT2D eigenvalue weighted by Crippen LogP contribution is 2.31. The molecule has 0 spiro atoms. The van der Waals surface area contributed by atoms with E-state index in [1.54, 1.807) is 12.5 Å². The molecule has 3 heterocycles. The molecule has 0 aliphatic carbocycles. The van der Waals surface area contributed by atoms with E-state index in [4.69, 9.17) is 0 Å². The molecule has 0 amide bonds. The van der Waals surface area contributed by atoms with Gasteiger partial charge < -0.3 is 5.32 Å². The Morgan fingerprint density at radius 1 is 1.14 bits per heavy atom. The highest BCUT2D eigenvalue weighted by molar-refractivity contribution is 9.10. The average molecular weight is 354 g/mol. The van der Waals surface area contributed by atoms with Gasteiger partial charge in [-0.25, -0.2) is 4.68 Å². The summed E-state index contributed by atoms with van der Waals surface area (Å²) in [6, 6.07) is 12.2. The maximum atomic E-state index is 4.34. The minimum absolute atomic E-state index is 0.00190. The van der Waals surface area contributed by atoms with Crippen molar-refractivity contribution >= 4 is 27.6 Å². The van der Waals surface area contributed by atoms with Crippen LogP contribution in [0.25, 0.3) is 5.70 Å². The third kappa shape index (κ3) is 2.31. The van der Waals surface area contributed by atoms with Gasteiger partial charge in [-0.15, -0.1) is 0 Å². The number of anilines is 1. The van der Waals surface area contributed by atoms with E-state index in [9.17, 15) is 0 Å². The first-order valence-electron chi connectivity index (χ1n) is 6.85. The molecule has 1 N–H and O–H groups in total. The number of benzene rings is 1. The van der Waals surface area contributed by atoms with Gasteiger partial charge in [0.1, 0.15) is 12.4 Å². The van der Waals surface area contributed by atoms with Gasteiger partial charge >= 0.3 is 0 Å². The van der Waals surface area contributed by atoms with Crippen LogP contribution in [0, 0.1) is 0 Å². The molecule has 0 fully saturated rings. The van der Waals surface area contributed by atoms with Crippen LogP contribution in [0.2, 0.25) is 0 Å². The molecular weight excluding hydrogens is 342 g/mol. The van der Waals surface area contributed by atoms with E-state index in [0.29, 0.717) is 0 Å². The fraction of sp³-hybridized carbons (Fsp3) is 0.0625. The van der Waals surface area contributed by atoms with Gasteiger partial charge in [-0.05, 0) is 35.9 Å². The zero-order chi connectivity index (χ0) is 14.9. The maximum absolute atomic E-state index is 4.34. The molecule has 1 unspecified atom stereocenters. The van der Waals surface area contributed by atoms with Gasteiger partial charge in [0, 0.05) is 28.1 Å². The lowest BCUT2D eigenvalue weighted by Gasteiger charge is -2.24. The van der Waals surface area contributed by atoms with E-state index in [-0.39, 0.29) is 6.04 Å². The fourth-order valence-corrected chi connectivity index (χ4v) is 2.79. The van der Waals surface area contributed by atoms with Gasteiger partial charge in [0.15, 0.2) is 0 Å². The van der Waals surface area contributed by atoms with Crippen molar-refractivity contribution in [2.75, 3.05) is 5.32 Å². The van der Waals surface area contributed by atoms with Crippen LogP contribution in [0.4, 0.5) is 5.95 Å². The third-order valence-electron chi connectivity index (χ3n) is 3.59. The van der Waals surface area contributed by atoms with E-state index in [1.165, 1.54) is 0 Å². The number of allylic oxidation sites excluding steroid dienone is 1. The van der Waals surface area contributed by atoms with Crippen molar-refractivity contribution in [1.29, 1.82) is 0 Å². The number of fused-ring (bicyclic) bond motifs is 1. The van der Waals surface area contributed by atoms with Crippen LogP contribution < -0.4 is 5.32 Å². The van der Waals surface area contributed by atoms with Crippen molar-refractivity contribution in [3.8, 4) is 0 Å². The Balaban J connectivity index is 1.81. The molecule has 0 saturated carbocycles. The molecule has 0 saturated heterocycles. The van der Waals surface area contributed by atoms with E-state index in [2.05, 4.69) is 54.5 Å². The topological polar surface area (TPSA) is 55.6 Å². The summed E-state index contributed by atoms with van der Waals surface area (Å²) in [6.45, 7) is 0. The zero-order valence-electron chi connectivity index (χ0n) is 11.5. The Kier molecular flexibility index (Phi) is 3.23. The first kappa shape index (κ1) is 13.2. The fourth-order valence-electron chi connectivity index (χ4n) is 2.52. The van der Waals surface area contributed by atoms with Crippen LogP contribution in [0.5, 0.6) is 0 Å². The first-order valence-corrected chi connectivity index (χ1v) is 7.65. The number of pyridine rings is 1. The zero-order valence-corrected chi connectivity index (χ0v) is 13.1. The number of rotatable bonds is 2. The van der Waals surface area contributed by atoms with Crippen LogP contribution >= 0.6 is 15.9 Å². The molecular formula is C16H12BrN5. The maximum Gasteiger partial charge on any atom is 0.226 e. The quantitative estimate of drug-likeness (QED) is 0.766. The van der Waals surface area contributed by atoms with E-state index < -0.39 is 0 Å². The monoisotopic (exact) mass is 353 g/mol. The molecule has 1 aliphatic heterocycles. The first-order chi connectivity index (χ1) is 10.8. The minimum Gasteiger partial charge on any atom is -0.324 e. The van der Waals surface area contributed by atoms with Crippen LogP contribution in [0.15, 0.2) is 65.7 Å². The molecule has 22 heavy (non-hydrogen) atoms. The average Bonchev–Trinajstić information content (AvgIpc) is 3.04. The molecule has 4 rings (SSSR count). The summed E-state index contributed by atoms with van der Waals surface area (Å²) in [5.41, 5.74) is 3.17. The van der Waals surface area contributed by atoms with Gasteiger partial charge in [0.2, 0.25) is 5.95 Å². The normalized spacial score (nSPS) is 16.6. The molecule has 5 nitrogen and oxygen atoms in total. The van der Waals surface area contributed by atoms with Crippen LogP contribution in [0.3, 0.4) is 0 Å². The van der Waals surface area contributed by atoms with Gasteiger partial charge in [-0.2, -0.15) is 10.1 Å². The molecule has 0 bridgehead atoms. The van der Waals surface area contributed by atoms with E-state index in [0.717, 1.165) is 27.2 Å². The Labute approximate surface area is 135 Å². The lowest BCUT2D eigenvalue weighted by molar-refractivity contribution is 0.612. The molecule has 108 valence electrons. The Morgan fingerprint density at radius 3 is 2.77 bits per heavy atom. The highest BCUT2D eigenvalue weighted by atomic mass is 79.9. The van der Waals surface area contributed by atoms with Crippen LogP contribution in [-0.4, -0.2) is 19.7 Å². The lowest BCUT2D eigenvalue weighted by atomic mass is 10.0. The van der Waals surface area contributed by atoms with E-state index >= 15 is 0 Å². The van der Waals surface area contributed by atoms with Gasteiger partial charge in [0.05, 0.1) is 0 Å². The molecule has 3 aromatic rings. The molecule has 6 heteroatoms. The predicted molar refractivity (Wildman–Crippen MR) is 88.1 cm³/mol. The third-order valence-corrected chi connectivity index (χ3v) is 4.12. The highest BCUT2D eigenvalue weighted by Gasteiger charge is 2.23. The standard InChI is InChI=1S/C16H12BrN5/c17-13-5-3-11(4-6-13)15-8-14(12-2-1-7-18-9-12)21-16-19-10-20-22(15)16/h1-10,15H,(H,19,20,21). The summed E-state index contributed by atoms with van der Waals surface area (Å²) in [4.78, 5) is 8.48. The largest absolute Gasteiger partial charge is 0.324 e. The van der Waals surface area contributed by atoms with Crippen LogP contribution in [-0.2, 0) is 0 Å². The Morgan fingerprint density at radius 2 is 2.00 bits per heavy atom. The molecule has 1 aromatic carbocycles. The molecule has 1 atom stereocenters. The second-order valence-corrected chi connectivity index (χ2v) is 5.89. The number of nitrogens with one attached hydrogen (secondary N) is 1. The van der Waals surface area contributed by atoms with Crippen LogP contribution in [0.1, 0.15) is 17.2 Å². The molecule has 0 radical (unpaired) electrons. The van der Waals surface area contributed by atoms with Gasteiger partial charge in [-0.3, -0.25) is 4.98 Å². The Hall–Kier alpha value is -2.47. The Bertz CT molecular complexity index is 823. The SMILES string of the molecule is Brc1ccc(C2C=C(c3cccnc3)Nc3ncnn32)cc1. The summed E-state index contributed by atoms with van der Waals surface area (Å²) < 4.78 is 2.93. The summed E-state index contributed by atoms with van der Waals surface area (Å²) in [5.74, 6) is 0.731. The summed E-state index contributed by atoms with van der Waals surface area (Å²) in [6.07, 6.45) is 7.31. The van der Waals surface area contributed by atoms with Crippen molar-refractivity contribution < 1.29 is 0 Å². The number of hydrogen-bond donors (Lipinski definition) is 1. The number of hydrogen-bond acceptors (Lipinski definition) is 4. The van der Waals surface area contributed by atoms with Crippen molar-refractivity contribution in [3.63, 3.8) is 0 Å². The molecule has 1 aliphatic rings. The summed E-state index contributed by atoms with van der Waals surface area (Å²) >= 11 is 3.47. The second kappa shape index (κ2) is 5.38. The summed E-state index contributed by atoms with van der Waals surface area (Å²) in [5, 5.41) is 7.64. The van der Waals surface area contributed by atoms with Gasteiger partial charge in [-0.1, -0.05) is 28.1 Å². The minimum atomic E-state index is 0.00190.